The van der Waals surface area contributed by atoms with Gasteiger partial charge in [0.2, 0.25) is 5.91 Å². The number of hydrogen-bond acceptors (Lipinski definition) is 3. The molecule has 1 aromatic heterocycles. The molecule has 0 fully saturated rings. The van der Waals surface area contributed by atoms with Gasteiger partial charge >= 0.3 is 0 Å². The summed E-state index contributed by atoms with van der Waals surface area (Å²) in [5.41, 5.74) is 3.39. The van der Waals surface area contributed by atoms with E-state index in [9.17, 15) is 4.79 Å². The lowest BCUT2D eigenvalue weighted by Crippen LogP contribution is -2.31. The molecule has 20 heavy (non-hydrogen) atoms. The summed E-state index contributed by atoms with van der Waals surface area (Å²) in [6, 6.07) is 9.72. The Labute approximate surface area is 119 Å². The van der Waals surface area contributed by atoms with Crippen LogP contribution in [-0.2, 0) is 11.3 Å². The van der Waals surface area contributed by atoms with E-state index < -0.39 is 0 Å². The number of carbonyl (C=O) groups is 1. The lowest BCUT2D eigenvalue weighted by Gasteiger charge is -2.17. The Morgan fingerprint density at radius 2 is 2.05 bits per heavy atom. The van der Waals surface area contributed by atoms with E-state index >= 15 is 0 Å². The molecule has 4 nitrogen and oxygen atoms in total. The van der Waals surface area contributed by atoms with Crippen LogP contribution < -0.4 is 5.32 Å². The molecule has 0 spiro atoms. The van der Waals surface area contributed by atoms with Crippen molar-refractivity contribution in [3.05, 3.63) is 53.5 Å². The van der Waals surface area contributed by atoms with Gasteiger partial charge in [-0.05, 0) is 43.2 Å². The van der Waals surface area contributed by atoms with Crippen LogP contribution in [0, 0.1) is 13.8 Å². The van der Waals surface area contributed by atoms with Crippen molar-refractivity contribution in [3.8, 4) is 0 Å². The van der Waals surface area contributed by atoms with Gasteiger partial charge in [0.1, 0.15) is 5.76 Å². The average Bonchev–Trinajstić information content (AvgIpc) is 2.93. The van der Waals surface area contributed by atoms with Gasteiger partial charge in [0.25, 0.3) is 0 Å². The van der Waals surface area contributed by atoms with Gasteiger partial charge in [0, 0.05) is 12.7 Å². The summed E-state index contributed by atoms with van der Waals surface area (Å²) in [4.78, 5) is 13.7. The molecule has 1 aromatic carbocycles. The zero-order valence-electron chi connectivity index (χ0n) is 12.1. The quantitative estimate of drug-likeness (QED) is 0.910. The predicted octanol–water partition coefficient (Wildman–Crippen LogP) is 2.97. The largest absolute Gasteiger partial charge is 0.467 e. The van der Waals surface area contributed by atoms with Crippen molar-refractivity contribution >= 4 is 11.6 Å². The van der Waals surface area contributed by atoms with Crippen molar-refractivity contribution in [2.45, 2.75) is 20.4 Å². The molecule has 106 valence electrons. The summed E-state index contributed by atoms with van der Waals surface area (Å²) in [7, 11) is 1.77. The molecule has 1 N–H and O–H groups in total. The number of nitrogens with one attached hydrogen (secondary N) is 1. The third-order valence-corrected chi connectivity index (χ3v) is 3.43. The second-order valence-electron chi connectivity index (χ2n) is 4.93. The highest BCUT2D eigenvalue weighted by Gasteiger charge is 2.11. The van der Waals surface area contributed by atoms with Crippen LogP contribution >= 0.6 is 0 Å². The maximum atomic E-state index is 12.1. The fourth-order valence-electron chi connectivity index (χ4n) is 1.97. The highest BCUT2D eigenvalue weighted by molar-refractivity contribution is 5.80. The van der Waals surface area contributed by atoms with Crippen LogP contribution in [-0.4, -0.2) is 24.4 Å². The van der Waals surface area contributed by atoms with Crippen LogP contribution in [0.1, 0.15) is 16.9 Å². The smallest absolute Gasteiger partial charge is 0.242 e. The zero-order chi connectivity index (χ0) is 14.5. The van der Waals surface area contributed by atoms with Gasteiger partial charge in [0.05, 0.1) is 19.4 Å². The Hall–Kier alpha value is -2.23. The van der Waals surface area contributed by atoms with Gasteiger partial charge in [-0.15, -0.1) is 0 Å². The number of hydrogen-bond donors (Lipinski definition) is 1. The summed E-state index contributed by atoms with van der Waals surface area (Å²) in [6.45, 7) is 4.88. The number of carbonyl (C=O) groups excluding carboxylic acids is 1. The Morgan fingerprint density at radius 1 is 1.25 bits per heavy atom. The SMILES string of the molecule is Cc1cccc(NCC(=O)N(C)Cc2ccco2)c1C. The first kappa shape index (κ1) is 14.2. The molecule has 2 aromatic rings. The minimum atomic E-state index is 0.0299. The average molecular weight is 272 g/mol. The van der Waals surface area contributed by atoms with Gasteiger partial charge in [0.15, 0.2) is 0 Å². The van der Waals surface area contributed by atoms with Crippen LogP contribution in [0.4, 0.5) is 5.69 Å². The van der Waals surface area contributed by atoms with E-state index in [1.54, 1.807) is 18.2 Å². The van der Waals surface area contributed by atoms with Gasteiger partial charge in [-0.25, -0.2) is 0 Å². The summed E-state index contributed by atoms with van der Waals surface area (Å²) < 4.78 is 5.24. The highest BCUT2D eigenvalue weighted by atomic mass is 16.3. The topological polar surface area (TPSA) is 45.5 Å². The van der Waals surface area contributed by atoms with Crippen LogP contribution in [0.3, 0.4) is 0 Å². The number of amides is 1. The van der Waals surface area contributed by atoms with Crippen LogP contribution in [0.5, 0.6) is 0 Å². The fraction of sp³-hybridized carbons (Fsp3) is 0.312. The Kier molecular flexibility index (Phi) is 4.45. The van der Waals surface area contributed by atoms with E-state index in [1.807, 2.05) is 24.3 Å². The number of nitrogens with zero attached hydrogens (tertiary/aromatic N) is 1. The molecule has 1 heterocycles. The molecular formula is C16H20N2O2. The van der Waals surface area contributed by atoms with E-state index in [-0.39, 0.29) is 12.5 Å². The number of anilines is 1. The Balaban J connectivity index is 1.90. The molecule has 2 rings (SSSR count). The normalized spacial score (nSPS) is 10.3. The molecule has 0 aliphatic heterocycles. The van der Waals surface area contributed by atoms with Crippen molar-refractivity contribution in [2.24, 2.45) is 0 Å². The molecule has 1 amide bonds. The minimum Gasteiger partial charge on any atom is -0.467 e. The Bertz CT molecular complexity index is 576. The van der Waals surface area contributed by atoms with E-state index in [0.29, 0.717) is 6.54 Å². The molecule has 0 aliphatic carbocycles. The van der Waals surface area contributed by atoms with Crippen molar-refractivity contribution in [2.75, 3.05) is 18.9 Å². The molecule has 0 radical (unpaired) electrons. The summed E-state index contributed by atoms with van der Waals surface area (Å²) in [5.74, 6) is 0.815. The standard InChI is InChI=1S/C16H20N2O2/c1-12-6-4-8-15(13(12)2)17-10-16(19)18(3)11-14-7-5-9-20-14/h4-9,17H,10-11H2,1-3H3. The molecule has 0 bridgehead atoms. The molecular weight excluding hydrogens is 252 g/mol. The van der Waals surface area contributed by atoms with Gasteiger partial charge < -0.3 is 14.6 Å². The third-order valence-electron chi connectivity index (χ3n) is 3.43. The summed E-state index contributed by atoms with van der Waals surface area (Å²) in [6.07, 6.45) is 1.61. The van der Waals surface area contributed by atoms with E-state index in [4.69, 9.17) is 4.42 Å². The molecule has 0 saturated heterocycles. The Morgan fingerprint density at radius 3 is 2.75 bits per heavy atom. The molecule has 0 saturated carbocycles. The van der Waals surface area contributed by atoms with E-state index in [0.717, 1.165) is 11.4 Å². The first-order valence-electron chi connectivity index (χ1n) is 6.64. The zero-order valence-corrected chi connectivity index (χ0v) is 12.1. The predicted molar refractivity (Wildman–Crippen MR) is 79.6 cm³/mol. The van der Waals surface area contributed by atoms with Crippen molar-refractivity contribution < 1.29 is 9.21 Å². The monoisotopic (exact) mass is 272 g/mol. The van der Waals surface area contributed by atoms with Crippen molar-refractivity contribution in [1.82, 2.24) is 4.90 Å². The highest BCUT2D eigenvalue weighted by Crippen LogP contribution is 2.17. The van der Waals surface area contributed by atoms with E-state index in [2.05, 4.69) is 25.2 Å². The number of aryl methyl sites for hydroxylation is 1. The molecule has 0 atom stereocenters. The van der Waals surface area contributed by atoms with Crippen molar-refractivity contribution in [1.29, 1.82) is 0 Å². The fourth-order valence-corrected chi connectivity index (χ4v) is 1.97. The number of benzene rings is 1. The maximum Gasteiger partial charge on any atom is 0.242 e. The lowest BCUT2D eigenvalue weighted by molar-refractivity contribution is -0.128. The third kappa shape index (κ3) is 3.41. The number of likely N-dealkylation sites (N-methyl/N-ethyl adjacent to an activating group) is 1. The van der Waals surface area contributed by atoms with Crippen molar-refractivity contribution in [3.63, 3.8) is 0 Å². The van der Waals surface area contributed by atoms with Crippen LogP contribution in [0.25, 0.3) is 0 Å². The molecule has 4 heteroatoms. The van der Waals surface area contributed by atoms with Gasteiger partial charge in [-0.1, -0.05) is 12.1 Å². The van der Waals surface area contributed by atoms with Gasteiger partial charge in [-0.3, -0.25) is 4.79 Å². The maximum absolute atomic E-state index is 12.1. The number of furan rings is 1. The first-order chi connectivity index (χ1) is 9.58. The summed E-state index contributed by atoms with van der Waals surface area (Å²) in [5, 5.41) is 3.19. The van der Waals surface area contributed by atoms with Gasteiger partial charge in [-0.2, -0.15) is 0 Å². The minimum absolute atomic E-state index is 0.0299. The second-order valence-corrected chi connectivity index (χ2v) is 4.93. The number of rotatable bonds is 5. The lowest BCUT2D eigenvalue weighted by atomic mass is 10.1. The molecule has 0 aliphatic rings. The second kappa shape index (κ2) is 6.28. The molecule has 0 unspecified atom stereocenters. The summed E-state index contributed by atoms with van der Waals surface area (Å²) >= 11 is 0. The first-order valence-corrected chi connectivity index (χ1v) is 6.64. The van der Waals surface area contributed by atoms with Crippen LogP contribution in [0.2, 0.25) is 0 Å². The van der Waals surface area contributed by atoms with Crippen LogP contribution in [0.15, 0.2) is 41.0 Å². The van der Waals surface area contributed by atoms with E-state index in [1.165, 1.54) is 11.1 Å².